The van der Waals surface area contributed by atoms with Gasteiger partial charge >= 0.3 is 12.1 Å². The number of rotatable bonds is 2. The fraction of sp³-hybridized carbons (Fsp3) is 0.571. The van der Waals surface area contributed by atoms with Gasteiger partial charge in [0.1, 0.15) is 18.2 Å². The van der Waals surface area contributed by atoms with E-state index in [4.69, 9.17) is 14.5 Å². The second kappa shape index (κ2) is 11.3. The molecule has 1 fully saturated rings. The van der Waals surface area contributed by atoms with E-state index in [1.54, 1.807) is 4.90 Å². The Bertz CT molecular complexity index is 1200. The minimum absolute atomic E-state index is 0.0510. The van der Waals surface area contributed by atoms with E-state index < -0.39 is 30.3 Å². The number of amides is 2. The summed E-state index contributed by atoms with van der Waals surface area (Å²) < 4.78 is 10.9. The maximum atomic E-state index is 13.8. The summed E-state index contributed by atoms with van der Waals surface area (Å²) in [4.78, 5) is 47.6. The van der Waals surface area contributed by atoms with Crippen LogP contribution in [0.4, 0.5) is 9.93 Å². The third kappa shape index (κ3) is 5.50. The Hall–Kier alpha value is -3.14. The molecule has 1 N–H and O–H groups in total. The predicted octanol–water partition coefficient (Wildman–Crippen LogP) is 4.14. The number of methoxy groups -OCH3 is 1. The third-order valence-electron chi connectivity index (χ3n) is 7.77. The smallest absolute Gasteiger partial charge is 0.410 e. The van der Waals surface area contributed by atoms with Crippen LogP contribution in [0, 0.1) is 5.92 Å². The summed E-state index contributed by atoms with van der Waals surface area (Å²) >= 11 is 1.49. The highest BCUT2D eigenvalue weighted by atomic mass is 32.1. The molecule has 1 aromatic heterocycles. The maximum Gasteiger partial charge on any atom is 0.410 e. The van der Waals surface area contributed by atoms with E-state index in [2.05, 4.69) is 23.5 Å². The molecule has 3 atom stereocenters. The highest BCUT2D eigenvalue weighted by molar-refractivity contribution is 7.13. The van der Waals surface area contributed by atoms with Crippen LogP contribution in [0.3, 0.4) is 0 Å². The molecule has 38 heavy (non-hydrogen) atoms. The number of carbonyl (C=O) groups is 3. The quantitative estimate of drug-likeness (QED) is 0.571. The lowest BCUT2D eigenvalue weighted by atomic mass is 9.98. The number of aryl methyl sites for hydroxylation is 2. The molecule has 10 heteroatoms. The Kier molecular flexibility index (Phi) is 7.88. The van der Waals surface area contributed by atoms with E-state index in [1.165, 1.54) is 34.5 Å². The van der Waals surface area contributed by atoms with Crippen LogP contribution in [-0.2, 0) is 45.0 Å². The molecule has 0 spiro atoms. The lowest BCUT2D eigenvalue weighted by Gasteiger charge is -2.29. The van der Waals surface area contributed by atoms with Gasteiger partial charge in [-0.25, -0.2) is 14.6 Å². The van der Waals surface area contributed by atoms with E-state index in [0.29, 0.717) is 18.2 Å². The summed E-state index contributed by atoms with van der Waals surface area (Å²) in [7, 11) is 1.31. The van der Waals surface area contributed by atoms with Gasteiger partial charge < -0.3 is 19.7 Å². The number of carbonyl (C=O) groups excluding carboxylic acids is 3. The highest BCUT2D eigenvalue weighted by Gasteiger charge is 2.45. The number of thiazole rings is 1. The standard InChI is InChI=1S/C28H36N4O5S/c1-17(2)24-25(33)32-14-21(12-23(32)26(34)36-3)37-28(35)31-13-19-10-7-9-18(22(19)15-31)8-5-4-6-11-20-16-38-27(29-20)30-24/h7,9-10,16-17,21,23-24H,4-6,8,11-15H2,1-3H3,(H,29,30)/t21-,23+,24+/m1/s1. The zero-order chi connectivity index (χ0) is 26.8. The van der Waals surface area contributed by atoms with Crippen LogP contribution in [0.15, 0.2) is 23.6 Å². The summed E-state index contributed by atoms with van der Waals surface area (Å²) in [6, 6.07) is 4.91. The maximum absolute atomic E-state index is 13.8. The SMILES string of the molecule is COC(=O)[C@@H]1C[C@@H]2CN1C(=O)[C@H](C(C)C)Nc1nc(cs1)CCCCCc1cccc3c1CN(C3)C(=O)O2. The van der Waals surface area contributed by atoms with Crippen molar-refractivity contribution in [2.24, 2.45) is 5.92 Å². The lowest BCUT2D eigenvalue weighted by Crippen LogP contribution is -2.50. The summed E-state index contributed by atoms with van der Waals surface area (Å²) in [5.74, 6) is -0.782. The third-order valence-corrected chi connectivity index (χ3v) is 8.59. The predicted molar refractivity (Wildman–Crippen MR) is 144 cm³/mol. The molecule has 0 aliphatic carbocycles. The summed E-state index contributed by atoms with van der Waals surface area (Å²) in [5, 5.41) is 6.06. The average molecular weight is 541 g/mol. The van der Waals surface area contributed by atoms with Crippen molar-refractivity contribution >= 4 is 34.4 Å². The topological polar surface area (TPSA) is 101 Å². The van der Waals surface area contributed by atoms with Crippen LogP contribution in [-0.4, -0.2) is 64.6 Å². The van der Waals surface area contributed by atoms with Crippen molar-refractivity contribution in [3.05, 3.63) is 46.0 Å². The summed E-state index contributed by atoms with van der Waals surface area (Å²) in [5.41, 5.74) is 4.68. The number of nitrogens with one attached hydrogen (secondary N) is 1. The first-order valence-corrected chi connectivity index (χ1v) is 14.4. The molecular weight excluding hydrogens is 504 g/mol. The van der Waals surface area contributed by atoms with E-state index in [0.717, 1.165) is 43.4 Å². The van der Waals surface area contributed by atoms with Crippen LogP contribution < -0.4 is 5.32 Å². The van der Waals surface area contributed by atoms with Crippen molar-refractivity contribution in [2.75, 3.05) is 19.0 Å². The number of ether oxygens (including phenoxy) is 2. The van der Waals surface area contributed by atoms with Gasteiger partial charge in [-0.2, -0.15) is 0 Å². The molecule has 1 aromatic carbocycles. The Morgan fingerprint density at radius 1 is 1.16 bits per heavy atom. The zero-order valence-corrected chi connectivity index (χ0v) is 23.1. The molecule has 3 aliphatic rings. The molecule has 0 radical (unpaired) electrons. The molecule has 6 bridgehead atoms. The molecule has 2 amide bonds. The van der Waals surface area contributed by atoms with Crippen molar-refractivity contribution in [1.29, 1.82) is 0 Å². The number of aromatic nitrogens is 1. The van der Waals surface area contributed by atoms with Crippen LogP contribution in [0.1, 0.15) is 61.9 Å². The summed E-state index contributed by atoms with van der Waals surface area (Å²) in [6.45, 7) is 5.08. The molecule has 3 aliphatic heterocycles. The van der Waals surface area contributed by atoms with E-state index in [-0.39, 0.29) is 24.8 Å². The molecule has 9 nitrogen and oxygen atoms in total. The monoisotopic (exact) mass is 540 g/mol. The Labute approximate surface area is 227 Å². The molecule has 5 rings (SSSR count). The van der Waals surface area contributed by atoms with Crippen molar-refractivity contribution in [3.8, 4) is 0 Å². The first-order chi connectivity index (χ1) is 18.3. The first-order valence-electron chi connectivity index (χ1n) is 13.5. The van der Waals surface area contributed by atoms with Gasteiger partial charge in [0.05, 0.1) is 19.3 Å². The molecule has 0 saturated carbocycles. The second-order valence-electron chi connectivity index (χ2n) is 10.8. The number of hydrogen-bond donors (Lipinski definition) is 1. The normalized spacial score (nSPS) is 24.3. The molecular formula is C28H36N4O5S. The van der Waals surface area contributed by atoms with Crippen LogP contribution in [0.2, 0.25) is 0 Å². The fourth-order valence-electron chi connectivity index (χ4n) is 5.67. The molecule has 204 valence electrons. The zero-order valence-electron chi connectivity index (χ0n) is 22.3. The van der Waals surface area contributed by atoms with Crippen molar-refractivity contribution < 1.29 is 23.9 Å². The van der Waals surface area contributed by atoms with Gasteiger partial charge in [0.15, 0.2) is 5.13 Å². The van der Waals surface area contributed by atoms with Gasteiger partial charge in [0, 0.05) is 24.9 Å². The Morgan fingerprint density at radius 3 is 2.74 bits per heavy atom. The van der Waals surface area contributed by atoms with Crippen LogP contribution in [0.25, 0.3) is 0 Å². The minimum Gasteiger partial charge on any atom is -0.467 e. The number of anilines is 1. The Balaban J connectivity index is 1.42. The van der Waals surface area contributed by atoms with Gasteiger partial charge in [-0.15, -0.1) is 11.3 Å². The number of benzene rings is 1. The van der Waals surface area contributed by atoms with Gasteiger partial charge in [-0.1, -0.05) is 38.5 Å². The largest absolute Gasteiger partial charge is 0.467 e. The molecule has 4 heterocycles. The number of fused-ring (bicyclic) bond motifs is 5. The average Bonchev–Trinajstić information content (AvgIpc) is 3.64. The van der Waals surface area contributed by atoms with E-state index in [9.17, 15) is 14.4 Å². The number of nitrogens with zero attached hydrogens (tertiary/aromatic N) is 3. The van der Waals surface area contributed by atoms with Crippen molar-refractivity contribution in [3.63, 3.8) is 0 Å². The Morgan fingerprint density at radius 2 is 1.95 bits per heavy atom. The molecule has 2 aromatic rings. The van der Waals surface area contributed by atoms with Crippen molar-refractivity contribution in [2.45, 2.75) is 83.6 Å². The van der Waals surface area contributed by atoms with Crippen LogP contribution in [0.5, 0.6) is 0 Å². The van der Waals surface area contributed by atoms with Gasteiger partial charge in [-0.3, -0.25) is 9.69 Å². The lowest BCUT2D eigenvalue weighted by molar-refractivity contribution is -0.151. The molecule has 1 saturated heterocycles. The van der Waals surface area contributed by atoms with E-state index >= 15 is 0 Å². The second-order valence-corrected chi connectivity index (χ2v) is 11.6. The van der Waals surface area contributed by atoms with Gasteiger partial charge in [0.2, 0.25) is 5.91 Å². The molecule has 0 unspecified atom stereocenters. The van der Waals surface area contributed by atoms with Crippen molar-refractivity contribution in [1.82, 2.24) is 14.8 Å². The first kappa shape index (κ1) is 26.5. The van der Waals surface area contributed by atoms with E-state index in [1.807, 2.05) is 19.2 Å². The minimum atomic E-state index is -0.809. The highest BCUT2D eigenvalue weighted by Crippen LogP contribution is 2.30. The van der Waals surface area contributed by atoms with Gasteiger partial charge in [-0.05, 0) is 48.3 Å². The van der Waals surface area contributed by atoms with Gasteiger partial charge in [0.25, 0.3) is 0 Å². The number of esters is 1. The summed E-state index contributed by atoms with van der Waals surface area (Å²) in [6.07, 6.45) is 4.28. The fourth-order valence-corrected chi connectivity index (χ4v) is 6.45. The van der Waals surface area contributed by atoms with Crippen LogP contribution >= 0.6 is 11.3 Å². The number of hydrogen-bond acceptors (Lipinski definition) is 8.